The number of carbonyl (C=O) groups is 1. The van der Waals surface area contributed by atoms with Crippen LogP contribution in [0.25, 0.3) is 22.3 Å². The largest absolute Gasteiger partial charge is 0.294 e. The number of rotatable bonds is 3. The maximum Gasteiger partial charge on any atom is 0.160 e. The van der Waals surface area contributed by atoms with Gasteiger partial charge in [-0.25, -0.2) is 0 Å². The predicted octanol–water partition coefficient (Wildman–Crippen LogP) is 5.22. The third-order valence-electron chi connectivity index (χ3n) is 3.59. The molecule has 0 aromatic heterocycles. The minimum Gasteiger partial charge on any atom is -0.294 e. The average Bonchev–Trinajstić information content (AvgIpc) is 2.56. The Bertz CT molecular complexity index is 773. The van der Waals surface area contributed by atoms with Gasteiger partial charge in [0.15, 0.2) is 5.78 Å². The maximum atomic E-state index is 11.8. The van der Waals surface area contributed by atoms with Crippen LogP contribution in [0.3, 0.4) is 0 Å². The molecule has 0 aliphatic rings. The highest BCUT2D eigenvalue weighted by Crippen LogP contribution is 2.28. The molecule has 1 nitrogen and oxygen atoms in total. The lowest BCUT2D eigenvalue weighted by Gasteiger charge is -2.09. The van der Waals surface area contributed by atoms with E-state index in [9.17, 15) is 4.79 Å². The number of hydrogen-bond acceptors (Lipinski definition) is 1. The molecule has 102 valence electrons. The van der Waals surface area contributed by atoms with Gasteiger partial charge < -0.3 is 0 Å². The summed E-state index contributed by atoms with van der Waals surface area (Å²) in [6.07, 6.45) is 0. The van der Waals surface area contributed by atoms with Crippen molar-refractivity contribution in [2.24, 2.45) is 0 Å². The predicted molar refractivity (Wildman–Crippen MR) is 87.3 cm³/mol. The van der Waals surface area contributed by atoms with Crippen LogP contribution in [0.2, 0.25) is 0 Å². The molecule has 3 aromatic rings. The molecule has 0 amide bonds. The Balaban J connectivity index is 2.11. The van der Waals surface area contributed by atoms with Gasteiger partial charge in [-0.3, -0.25) is 4.79 Å². The normalized spacial score (nSPS) is 10.3. The van der Waals surface area contributed by atoms with Gasteiger partial charge in [0.05, 0.1) is 0 Å². The molecule has 0 saturated heterocycles. The van der Waals surface area contributed by atoms with E-state index in [0.717, 1.165) is 22.3 Å². The van der Waals surface area contributed by atoms with Crippen LogP contribution in [-0.2, 0) is 0 Å². The van der Waals surface area contributed by atoms with E-state index in [2.05, 4.69) is 24.3 Å². The molecule has 0 aliphatic carbocycles. The summed E-state index contributed by atoms with van der Waals surface area (Å²) in [4.78, 5) is 11.8. The summed E-state index contributed by atoms with van der Waals surface area (Å²) >= 11 is 0. The van der Waals surface area contributed by atoms with Crippen molar-refractivity contribution in [3.05, 3.63) is 84.4 Å². The Kier molecular flexibility index (Phi) is 3.65. The second-order valence-corrected chi connectivity index (χ2v) is 5.05. The van der Waals surface area contributed by atoms with E-state index in [1.165, 1.54) is 5.56 Å². The molecule has 3 aromatic carbocycles. The molecule has 0 radical (unpaired) electrons. The highest BCUT2D eigenvalue weighted by atomic mass is 16.1. The smallest absolute Gasteiger partial charge is 0.160 e. The maximum absolute atomic E-state index is 11.8. The highest BCUT2D eigenvalue weighted by molar-refractivity contribution is 6.01. The fraction of sp³-hybridized carbons (Fsp3) is 0.0500. The van der Waals surface area contributed by atoms with Crippen molar-refractivity contribution in [2.45, 2.75) is 6.92 Å². The minimum atomic E-state index is 0.0933. The molecule has 0 fully saturated rings. The van der Waals surface area contributed by atoms with Crippen LogP contribution < -0.4 is 0 Å². The van der Waals surface area contributed by atoms with E-state index in [1.807, 2.05) is 54.6 Å². The van der Waals surface area contributed by atoms with Crippen LogP contribution in [0.5, 0.6) is 0 Å². The monoisotopic (exact) mass is 272 g/mol. The van der Waals surface area contributed by atoms with Gasteiger partial charge in [0.25, 0.3) is 0 Å². The molecule has 0 N–H and O–H groups in total. The molecular formula is C20H16O. The molecule has 21 heavy (non-hydrogen) atoms. The van der Waals surface area contributed by atoms with Crippen LogP contribution in [0.4, 0.5) is 0 Å². The van der Waals surface area contributed by atoms with Gasteiger partial charge in [0, 0.05) is 5.56 Å². The zero-order chi connectivity index (χ0) is 14.7. The summed E-state index contributed by atoms with van der Waals surface area (Å²) in [5, 5.41) is 0. The third-order valence-corrected chi connectivity index (χ3v) is 3.59. The standard InChI is InChI=1S/C20H16O/c1-15(21)19-12-5-6-13-20(19)18-11-7-10-17(14-18)16-8-3-2-4-9-16/h2-14H,1H3. The van der Waals surface area contributed by atoms with Crippen LogP contribution in [0.15, 0.2) is 78.9 Å². The van der Waals surface area contributed by atoms with E-state index in [-0.39, 0.29) is 5.78 Å². The Hall–Kier alpha value is -2.67. The zero-order valence-corrected chi connectivity index (χ0v) is 11.9. The van der Waals surface area contributed by atoms with Crippen LogP contribution >= 0.6 is 0 Å². The molecule has 0 spiro atoms. The number of hydrogen-bond donors (Lipinski definition) is 0. The van der Waals surface area contributed by atoms with Gasteiger partial charge in [0.1, 0.15) is 0 Å². The number of ketones is 1. The van der Waals surface area contributed by atoms with Crippen molar-refractivity contribution in [1.82, 2.24) is 0 Å². The molecule has 0 unspecified atom stereocenters. The SMILES string of the molecule is CC(=O)c1ccccc1-c1cccc(-c2ccccc2)c1. The first-order valence-corrected chi connectivity index (χ1v) is 7.01. The molecule has 0 saturated carbocycles. The Labute approximate surface area is 124 Å². The lowest BCUT2D eigenvalue weighted by molar-refractivity contribution is 0.101. The number of benzene rings is 3. The quantitative estimate of drug-likeness (QED) is 0.597. The molecule has 0 heterocycles. The Morgan fingerprint density at radius 2 is 1.29 bits per heavy atom. The summed E-state index contributed by atoms with van der Waals surface area (Å²) in [5.74, 6) is 0.0933. The number of Topliss-reactive ketones (excluding diaryl/α,β-unsaturated/α-hetero) is 1. The first-order chi connectivity index (χ1) is 10.3. The van der Waals surface area contributed by atoms with Gasteiger partial charge in [-0.15, -0.1) is 0 Å². The Morgan fingerprint density at radius 1 is 0.667 bits per heavy atom. The summed E-state index contributed by atoms with van der Waals surface area (Å²) < 4.78 is 0. The average molecular weight is 272 g/mol. The van der Waals surface area contributed by atoms with E-state index in [4.69, 9.17) is 0 Å². The van der Waals surface area contributed by atoms with Crippen molar-refractivity contribution in [2.75, 3.05) is 0 Å². The van der Waals surface area contributed by atoms with Gasteiger partial charge in [-0.1, -0.05) is 72.8 Å². The van der Waals surface area contributed by atoms with Crippen molar-refractivity contribution in [3.8, 4) is 22.3 Å². The van der Waals surface area contributed by atoms with Gasteiger partial charge >= 0.3 is 0 Å². The molecule has 0 atom stereocenters. The summed E-state index contributed by atoms with van der Waals surface area (Å²) in [6.45, 7) is 1.61. The zero-order valence-electron chi connectivity index (χ0n) is 11.9. The molecular weight excluding hydrogens is 256 g/mol. The molecule has 3 rings (SSSR count). The lowest BCUT2D eigenvalue weighted by Crippen LogP contribution is -1.95. The van der Waals surface area contributed by atoms with E-state index < -0.39 is 0 Å². The van der Waals surface area contributed by atoms with E-state index in [0.29, 0.717) is 0 Å². The third kappa shape index (κ3) is 2.77. The molecule has 0 bridgehead atoms. The van der Waals surface area contributed by atoms with Crippen LogP contribution in [0.1, 0.15) is 17.3 Å². The van der Waals surface area contributed by atoms with Crippen LogP contribution in [0, 0.1) is 0 Å². The van der Waals surface area contributed by atoms with Gasteiger partial charge in [0.2, 0.25) is 0 Å². The summed E-state index contributed by atoms with van der Waals surface area (Å²) in [6, 6.07) is 26.3. The van der Waals surface area contributed by atoms with Crippen molar-refractivity contribution < 1.29 is 4.79 Å². The van der Waals surface area contributed by atoms with Crippen molar-refractivity contribution in [3.63, 3.8) is 0 Å². The first-order valence-electron chi connectivity index (χ1n) is 7.01. The van der Waals surface area contributed by atoms with Crippen molar-refractivity contribution in [1.29, 1.82) is 0 Å². The fourth-order valence-electron chi connectivity index (χ4n) is 2.54. The second kappa shape index (κ2) is 5.76. The fourth-order valence-corrected chi connectivity index (χ4v) is 2.54. The lowest BCUT2D eigenvalue weighted by atomic mass is 9.94. The van der Waals surface area contributed by atoms with Gasteiger partial charge in [-0.05, 0) is 35.2 Å². The van der Waals surface area contributed by atoms with Gasteiger partial charge in [-0.2, -0.15) is 0 Å². The summed E-state index contributed by atoms with van der Waals surface area (Å²) in [5.41, 5.74) is 5.17. The van der Waals surface area contributed by atoms with Crippen LogP contribution in [-0.4, -0.2) is 5.78 Å². The molecule has 1 heteroatoms. The summed E-state index contributed by atoms with van der Waals surface area (Å²) in [7, 11) is 0. The van der Waals surface area contributed by atoms with E-state index in [1.54, 1.807) is 6.92 Å². The Morgan fingerprint density at radius 3 is 2.05 bits per heavy atom. The molecule has 0 aliphatic heterocycles. The minimum absolute atomic E-state index is 0.0933. The second-order valence-electron chi connectivity index (χ2n) is 5.05. The number of carbonyl (C=O) groups excluding carboxylic acids is 1. The topological polar surface area (TPSA) is 17.1 Å². The highest BCUT2D eigenvalue weighted by Gasteiger charge is 2.09. The first kappa shape index (κ1) is 13.3. The van der Waals surface area contributed by atoms with Crippen molar-refractivity contribution >= 4 is 5.78 Å². The van der Waals surface area contributed by atoms with E-state index >= 15 is 0 Å².